The molecule has 0 atom stereocenters. The number of hydrogen-bond acceptors (Lipinski definition) is 5. The summed E-state index contributed by atoms with van der Waals surface area (Å²) >= 11 is 0. The summed E-state index contributed by atoms with van der Waals surface area (Å²) in [4.78, 5) is 22.2. The van der Waals surface area contributed by atoms with Crippen LogP contribution in [0.1, 0.15) is 25.7 Å². The second-order valence-electron chi connectivity index (χ2n) is 3.79. The van der Waals surface area contributed by atoms with Crippen molar-refractivity contribution >= 4 is 11.4 Å². The molecule has 0 radical (unpaired) electrons. The van der Waals surface area contributed by atoms with Gasteiger partial charge in [0.1, 0.15) is 11.4 Å². The maximum Gasteiger partial charge on any atom is 0.253 e. The lowest BCUT2D eigenvalue weighted by molar-refractivity contribution is 0.661. The first-order valence-electron chi connectivity index (χ1n) is 5.67. The standard InChI is InChI=1S/C11H19N3O2/c1-13-8-9(11(16)10(8)15)14-7-5-3-2-4-6-12/h13-14H,2-7,12H2,1H3. The summed E-state index contributed by atoms with van der Waals surface area (Å²) in [6, 6.07) is 0. The van der Waals surface area contributed by atoms with Gasteiger partial charge in [0.25, 0.3) is 10.9 Å². The lowest BCUT2D eigenvalue weighted by Crippen LogP contribution is -2.36. The molecule has 0 aliphatic heterocycles. The minimum Gasteiger partial charge on any atom is -0.383 e. The number of hydrogen-bond donors (Lipinski definition) is 3. The van der Waals surface area contributed by atoms with Crippen molar-refractivity contribution in [3.63, 3.8) is 0 Å². The quantitative estimate of drug-likeness (QED) is 0.436. The van der Waals surface area contributed by atoms with Crippen molar-refractivity contribution in [2.24, 2.45) is 5.73 Å². The van der Waals surface area contributed by atoms with Crippen LogP contribution in [-0.4, -0.2) is 20.1 Å². The van der Waals surface area contributed by atoms with Gasteiger partial charge in [-0.25, -0.2) is 0 Å². The van der Waals surface area contributed by atoms with Gasteiger partial charge < -0.3 is 16.4 Å². The summed E-state index contributed by atoms with van der Waals surface area (Å²) in [5.74, 6) is 0. The van der Waals surface area contributed by atoms with Gasteiger partial charge in [-0.05, 0) is 19.4 Å². The van der Waals surface area contributed by atoms with Gasteiger partial charge in [-0.3, -0.25) is 9.59 Å². The lowest BCUT2D eigenvalue weighted by atomic mass is 10.1. The molecule has 1 rings (SSSR count). The minimum atomic E-state index is -0.423. The molecular formula is C11H19N3O2. The van der Waals surface area contributed by atoms with Gasteiger partial charge in [0.15, 0.2) is 0 Å². The van der Waals surface area contributed by atoms with Crippen molar-refractivity contribution in [1.29, 1.82) is 0 Å². The van der Waals surface area contributed by atoms with Gasteiger partial charge in [-0.15, -0.1) is 0 Å². The Morgan fingerprint density at radius 1 is 1.00 bits per heavy atom. The van der Waals surface area contributed by atoms with Crippen LogP contribution in [0.5, 0.6) is 0 Å². The summed E-state index contributed by atoms with van der Waals surface area (Å²) in [5, 5.41) is 5.72. The lowest BCUT2D eigenvalue weighted by Gasteiger charge is -2.12. The van der Waals surface area contributed by atoms with Crippen molar-refractivity contribution in [2.45, 2.75) is 25.7 Å². The van der Waals surface area contributed by atoms with Crippen LogP contribution in [0.3, 0.4) is 0 Å². The molecule has 0 saturated carbocycles. The highest BCUT2D eigenvalue weighted by Crippen LogP contribution is 2.13. The average Bonchev–Trinajstić information content (AvgIpc) is 2.31. The summed E-state index contributed by atoms with van der Waals surface area (Å²) in [7, 11) is 1.64. The van der Waals surface area contributed by atoms with Gasteiger partial charge in [0.05, 0.1) is 0 Å². The molecule has 0 unspecified atom stereocenters. The molecule has 0 aromatic heterocycles. The van der Waals surface area contributed by atoms with Crippen molar-refractivity contribution in [3.8, 4) is 0 Å². The number of unbranched alkanes of at least 4 members (excludes halogenated alkanes) is 3. The SMILES string of the molecule is CNc1c(NCCCCCCN)c(=O)c1=O. The van der Waals surface area contributed by atoms with Crippen LogP contribution < -0.4 is 27.2 Å². The van der Waals surface area contributed by atoms with Crippen molar-refractivity contribution < 1.29 is 0 Å². The summed E-state index contributed by atoms with van der Waals surface area (Å²) in [6.07, 6.45) is 4.24. The van der Waals surface area contributed by atoms with E-state index < -0.39 is 10.9 Å². The molecule has 0 amide bonds. The zero-order valence-corrected chi connectivity index (χ0v) is 9.64. The molecule has 5 nitrogen and oxygen atoms in total. The van der Waals surface area contributed by atoms with Gasteiger partial charge >= 0.3 is 0 Å². The molecule has 1 aromatic carbocycles. The highest BCUT2D eigenvalue weighted by Gasteiger charge is 2.18. The van der Waals surface area contributed by atoms with Crippen LogP contribution in [0, 0.1) is 0 Å². The maximum atomic E-state index is 11.2. The van der Waals surface area contributed by atoms with E-state index in [-0.39, 0.29) is 0 Å². The van der Waals surface area contributed by atoms with E-state index in [4.69, 9.17) is 5.73 Å². The molecule has 0 aliphatic carbocycles. The minimum absolute atomic E-state index is 0.409. The highest BCUT2D eigenvalue weighted by atomic mass is 16.2. The predicted molar refractivity (Wildman–Crippen MR) is 66.9 cm³/mol. The van der Waals surface area contributed by atoms with Gasteiger partial charge in [0.2, 0.25) is 0 Å². The first kappa shape index (κ1) is 12.7. The van der Waals surface area contributed by atoms with E-state index in [2.05, 4.69) is 10.6 Å². The fraction of sp³-hybridized carbons (Fsp3) is 0.636. The summed E-state index contributed by atoms with van der Waals surface area (Å²) in [6.45, 7) is 1.46. The van der Waals surface area contributed by atoms with Crippen molar-refractivity contribution in [1.82, 2.24) is 0 Å². The zero-order chi connectivity index (χ0) is 12.0. The zero-order valence-electron chi connectivity index (χ0n) is 9.64. The first-order chi connectivity index (χ1) is 7.72. The monoisotopic (exact) mass is 225 g/mol. The Kier molecular flexibility index (Phi) is 4.98. The molecule has 0 aliphatic rings. The molecule has 0 spiro atoms. The third-order valence-electron chi connectivity index (χ3n) is 2.59. The molecule has 0 fully saturated rings. The molecule has 5 heteroatoms. The molecule has 0 heterocycles. The smallest absolute Gasteiger partial charge is 0.253 e. The molecule has 90 valence electrons. The van der Waals surface area contributed by atoms with Gasteiger partial charge in [-0.2, -0.15) is 0 Å². The average molecular weight is 225 g/mol. The second-order valence-corrected chi connectivity index (χ2v) is 3.79. The van der Waals surface area contributed by atoms with Crippen molar-refractivity contribution in [3.05, 3.63) is 20.4 Å². The Balaban J connectivity index is 2.25. The van der Waals surface area contributed by atoms with Crippen LogP contribution in [0.15, 0.2) is 9.59 Å². The third kappa shape index (κ3) is 2.82. The van der Waals surface area contributed by atoms with E-state index in [0.717, 1.165) is 38.8 Å². The highest BCUT2D eigenvalue weighted by molar-refractivity contribution is 5.73. The van der Waals surface area contributed by atoms with Crippen LogP contribution in [-0.2, 0) is 0 Å². The molecule has 0 bridgehead atoms. The predicted octanol–water partition coefficient (Wildman–Crippen LogP) is 0.255. The van der Waals surface area contributed by atoms with E-state index in [0.29, 0.717) is 11.4 Å². The van der Waals surface area contributed by atoms with Gasteiger partial charge in [0, 0.05) is 13.6 Å². The molecule has 0 saturated heterocycles. The summed E-state index contributed by atoms with van der Waals surface area (Å²) < 4.78 is 0. The Hall–Kier alpha value is -1.36. The number of anilines is 2. The Bertz CT molecular complexity index is 394. The van der Waals surface area contributed by atoms with Crippen LogP contribution in [0.2, 0.25) is 0 Å². The van der Waals surface area contributed by atoms with Gasteiger partial charge in [-0.1, -0.05) is 12.8 Å². The van der Waals surface area contributed by atoms with E-state index in [1.165, 1.54) is 0 Å². The maximum absolute atomic E-state index is 11.2. The second kappa shape index (κ2) is 6.27. The Morgan fingerprint density at radius 3 is 2.25 bits per heavy atom. The van der Waals surface area contributed by atoms with Crippen LogP contribution in [0.4, 0.5) is 11.4 Å². The van der Waals surface area contributed by atoms with Crippen LogP contribution >= 0.6 is 0 Å². The Labute approximate surface area is 94.7 Å². The molecule has 4 N–H and O–H groups in total. The summed E-state index contributed by atoms with van der Waals surface area (Å²) in [5.41, 5.74) is 5.39. The third-order valence-corrected chi connectivity index (χ3v) is 2.59. The van der Waals surface area contributed by atoms with E-state index in [1.54, 1.807) is 7.05 Å². The molecule has 1 aromatic rings. The number of rotatable bonds is 8. The number of nitrogens with two attached hydrogens (primary N) is 1. The molecular weight excluding hydrogens is 206 g/mol. The topological polar surface area (TPSA) is 84.2 Å². The van der Waals surface area contributed by atoms with E-state index in [9.17, 15) is 9.59 Å². The normalized spacial score (nSPS) is 10.6. The van der Waals surface area contributed by atoms with Crippen LogP contribution in [0.25, 0.3) is 0 Å². The van der Waals surface area contributed by atoms with E-state index >= 15 is 0 Å². The fourth-order valence-electron chi connectivity index (χ4n) is 1.64. The molecule has 16 heavy (non-hydrogen) atoms. The van der Waals surface area contributed by atoms with Crippen molar-refractivity contribution in [2.75, 3.05) is 30.8 Å². The Morgan fingerprint density at radius 2 is 1.62 bits per heavy atom. The fourth-order valence-corrected chi connectivity index (χ4v) is 1.64. The van der Waals surface area contributed by atoms with E-state index in [1.807, 2.05) is 0 Å². The number of nitrogens with one attached hydrogen (secondary N) is 2. The largest absolute Gasteiger partial charge is 0.383 e. The first-order valence-corrected chi connectivity index (χ1v) is 5.67.